The number of anilines is 1. The number of nitrogen functional groups attached to an aromatic ring is 1. The van der Waals surface area contributed by atoms with Gasteiger partial charge in [-0.25, -0.2) is 0 Å². The lowest BCUT2D eigenvalue weighted by Gasteiger charge is -2.04. The van der Waals surface area contributed by atoms with Gasteiger partial charge >= 0.3 is 0 Å². The van der Waals surface area contributed by atoms with Crippen LogP contribution in [-0.2, 0) is 11.8 Å². The summed E-state index contributed by atoms with van der Waals surface area (Å²) in [6.07, 6.45) is 1.40. The molecule has 0 saturated carbocycles. The minimum absolute atomic E-state index is 0.199. The minimum atomic E-state index is -0.199. The van der Waals surface area contributed by atoms with Crippen molar-refractivity contribution in [1.29, 1.82) is 0 Å². The Morgan fingerprint density at radius 1 is 1.59 bits per heavy atom. The highest BCUT2D eigenvalue weighted by Gasteiger charge is 2.18. The number of hydrogen-bond acceptors (Lipinski definition) is 6. The number of aromatic nitrogens is 4. The van der Waals surface area contributed by atoms with Gasteiger partial charge in [-0.2, -0.15) is 10.1 Å². The highest BCUT2D eigenvalue weighted by atomic mass is 16.5. The van der Waals surface area contributed by atoms with Crippen LogP contribution in [0.25, 0.3) is 11.5 Å². The molecule has 0 amide bonds. The second-order valence-electron chi connectivity index (χ2n) is 3.62. The van der Waals surface area contributed by atoms with Crippen LogP contribution in [0.1, 0.15) is 25.8 Å². The summed E-state index contributed by atoms with van der Waals surface area (Å²) >= 11 is 0. The SMILES string of the molecule is CCOC(C)c1noc(-c2cnn(C)c2N)n1. The van der Waals surface area contributed by atoms with Crippen LogP contribution in [0.4, 0.5) is 5.82 Å². The molecule has 7 nitrogen and oxygen atoms in total. The van der Waals surface area contributed by atoms with Gasteiger partial charge in [0.25, 0.3) is 5.89 Å². The van der Waals surface area contributed by atoms with Crippen molar-refractivity contribution in [2.24, 2.45) is 7.05 Å². The first-order valence-electron chi connectivity index (χ1n) is 5.36. The molecule has 2 aromatic rings. The van der Waals surface area contributed by atoms with Gasteiger partial charge in [0.15, 0.2) is 0 Å². The summed E-state index contributed by atoms with van der Waals surface area (Å²) in [6.45, 7) is 4.38. The van der Waals surface area contributed by atoms with Gasteiger partial charge in [-0.3, -0.25) is 4.68 Å². The van der Waals surface area contributed by atoms with E-state index < -0.39 is 0 Å². The number of hydrogen-bond donors (Lipinski definition) is 1. The van der Waals surface area contributed by atoms with E-state index in [1.54, 1.807) is 17.9 Å². The Morgan fingerprint density at radius 3 is 2.94 bits per heavy atom. The Balaban J connectivity index is 2.27. The average Bonchev–Trinajstić information content (AvgIpc) is 2.88. The fourth-order valence-corrected chi connectivity index (χ4v) is 1.45. The largest absolute Gasteiger partial charge is 0.383 e. The average molecular weight is 237 g/mol. The Kier molecular flexibility index (Phi) is 3.10. The zero-order valence-corrected chi connectivity index (χ0v) is 10.0. The van der Waals surface area contributed by atoms with Gasteiger partial charge in [0, 0.05) is 13.7 Å². The summed E-state index contributed by atoms with van der Waals surface area (Å²) in [5.74, 6) is 1.35. The maximum absolute atomic E-state index is 5.82. The van der Waals surface area contributed by atoms with Crippen molar-refractivity contribution in [3.63, 3.8) is 0 Å². The van der Waals surface area contributed by atoms with E-state index in [1.165, 1.54) is 0 Å². The maximum atomic E-state index is 5.82. The van der Waals surface area contributed by atoms with Crippen molar-refractivity contribution in [3.05, 3.63) is 12.0 Å². The number of ether oxygens (including phenoxy) is 1. The highest BCUT2D eigenvalue weighted by molar-refractivity contribution is 5.66. The molecule has 0 aliphatic carbocycles. The zero-order valence-electron chi connectivity index (χ0n) is 10.0. The normalized spacial score (nSPS) is 12.9. The molecular weight excluding hydrogens is 222 g/mol. The first-order chi connectivity index (χ1) is 8.13. The van der Waals surface area contributed by atoms with E-state index in [4.69, 9.17) is 15.0 Å². The lowest BCUT2D eigenvalue weighted by atomic mass is 10.3. The fraction of sp³-hybridized carbons (Fsp3) is 0.500. The van der Waals surface area contributed by atoms with E-state index in [0.717, 1.165) is 0 Å². The van der Waals surface area contributed by atoms with Crippen LogP contribution in [-0.4, -0.2) is 26.5 Å². The van der Waals surface area contributed by atoms with Gasteiger partial charge in [-0.05, 0) is 13.8 Å². The lowest BCUT2D eigenvalue weighted by molar-refractivity contribution is 0.0683. The lowest BCUT2D eigenvalue weighted by Crippen LogP contribution is -2.01. The molecule has 0 aliphatic rings. The number of rotatable bonds is 4. The van der Waals surface area contributed by atoms with E-state index >= 15 is 0 Å². The fourth-order valence-electron chi connectivity index (χ4n) is 1.45. The molecule has 0 bridgehead atoms. The van der Waals surface area contributed by atoms with Crippen LogP contribution >= 0.6 is 0 Å². The van der Waals surface area contributed by atoms with Crippen molar-refractivity contribution in [2.45, 2.75) is 20.0 Å². The van der Waals surface area contributed by atoms with Gasteiger partial charge < -0.3 is 15.0 Å². The van der Waals surface area contributed by atoms with Crippen LogP contribution in [0.3, 0.4) is 0 Å². The van der Waals surface area contributed by atoms with Crippen LogP contribution in [0.2, 0.25) is 0 Å². The van der Waals surface area contributed by atoms with Gasteiger partial charge in [-0.15, -0.1) is 0 Å². The molecular formula is C10H15N5O2. The third-order valence-corrected chi connectivity index (χ3v) is 2.44. The molecule has 2 heterocycles. The van der Waals surface area contributed by atoms with Gasteiger partial charge in [0.05, 0.1) is 6.20 Å². The first-order valence-corrected chi connectivity index (χ1v) is 5.36. The molecule has 1 unspecified atom stereocenters. The Labute approximate surface area is 98.6 Å². The summed E-state index contributed by atoms with van der Waals surface area (Å²) in [4.78, 5) is 4.24. The summed E-state index contributed by atoms with van der Waals surface area (Å²) < 4.78 is 12.1. The van der Waals surface area contributed by atoms with Crippen LogP contribution < -0.4 is 5.73 Å². The van der Waals surface area contributed by atoms with Crippen LogP contribution in [0.15, 0.2) is 10.7 Å². The number of nitrogens with zero attached hydrogens (tertiary/aromatic N) is 4. The number of nitrogens with two attached hydrogens (primary N) is 1. The molecule has 0 saturated heterocycles. The van der Waals surface area contributed by atoms with Gasteiger partial charge in [0.1, 0.15) is 17.5 Å². The summed E-state index contributed by atoms with van der Waals surface area (Å²) in [5, 5.41) is 7.87. The molecule has 7 heteroatoms. The Hall–Kier alpha value is -1.89. The quantitative estimate of drug-likeness (QED) is 0.857. The molecule has 0 aromatic carbocycles. The molecule has 0 fully saturated rings. The first kappa shape index (κ1) is 11.6. The third-order valence-electron chi connectivity index (χ3n) is 2.44. The molecule has 2 rings (SSSR count). The molecule has 2 aromatic heterocycles. The summed E-state index contributed by atoms with van der Waals surface area (Å²) in [7, 11) is 1.75. The van der Waals surface area contributed by atoms with Crippen molar-refractivity contribution in [2.75, 3.05) is 12.3 Å². The second kappa shape index (κ2) is 4.54. The number of aryl methyl sites for hydroxylation is 1. The predicted molar refractivity (Wildman–Crippen MR) is 61.0 cm³/mol. The summed E-state index contributed by atoms with van der Waals surface area (Å²) in [5.41, 5.74) is 6.45. The van der Waals surface area contributed by atoms with E-state index in [2.05, 4.69) is 15.2 Å². The smallest absolute Gasteiger partial charge is 0.263 e. The van der Waals surface area contributed by atoms with Gasteiger partial charge in [0.2, 0.25) is 5.82 Å². The standard InChI is InChI=1S/C10H15N5O2/c1-4-16-6(2)9-13-10(17-14-9)7-5-12-15(3)8(7)11/h5-6H,4,11H2,1-3H3. The molecule has 2 N–H and O–H groups in total. The molecule has 0 radical (unpaired) electrons. The van der Waals surface area contributed by atoms with Crippen LogP contribution in [0.5, 0.6) is 0 Å². The zero-order chi connectivity index (χ0) is 12.4. The Bertz CT molecular complexity index is 505. The Morgan fingerprint density at radius 2 is 2.35 bits per heavy atom. The molecule has 92 valence electrons. The predicted octanol–water partition coefficient (Wildman–Crippen LogP) is 1.15. The van der Waals surface area contributed by atoms with Crippen molar-refractivity contribution in [1.82, 2.24) is 19.9 Å². The van der Waals surface area contributed by atoms with Crippen molar-refractivity contribution < 1.29 is 9.26 Å². The third kappa shape index (κ3) is 2.14. The van der Waals surface area contributed by atoms with Crippen molar-refractivity contribution in [3.8, 4) is 11.5 Å². The molecule has 17 heavy (non-hydrogen) atoms. The highest BCUT2D eigenvalue weighted by Crippen LogP contribution is 2.24. The minimum Gasteiger partial charge on any atom is -0.383 e. The van der Waals surface area contributed by atoms with E-state index in [0.29, 0.717) is 29.7 Å². The van der Waals surface area contributed by atoms with E-state index in [1.807, 2.05) is 13.8 Å². The maximum Gasteiger partial charge on any atom is 0.263 e. The van der Waals surface area contributed by atoms with E-state index in [9.17, 15) is 0 Å². The van der Waals surface area contributed by atoms with Gasteiger partial charge in [-0.1, -0.05) is 5.16 Å². The van der Waals surface area contributed by atoms with E-state index in [-0.39, 0.29) is 6.10 Å². The molecule has 0 aliphatic heterocycles. The second-order valence-corrected chi connectivity index (χ2v) is 3.62. The molecule has 0 spiro atoms. The monoisotopic (exact) mass is 237 g/mol. The molecule has 1 atom stereocenters. The van der Waals surface area contributed by atoms with Crippen molar-refractivity contribution >= 4 is 5.82 Å². The van der Waals surface area contributed by atoms with Crippen LogP contribution in [0, 0.1) is 0 Å². The summed E-state index contributed by atoms with van der Waals surface area (Å²) in [6, 6.07) is 0. The topological polar surface area (TPSA) is 92.0 Å².